The summed E-state index contributed by atoms with van der Waals surface area (Å²) in [5, 5.41) is 9.93. The third kappa shape index (κ3) is 6.49. The third-order valence-electron chi connectivity index (χ3n) is 5.39. The predicted octanol–water partition coefficient (Wildman–Crippen LogP) is 1.72. The first-order valence-corrected chi connectivity index (χ1v) is 10.1. The van der Waals surface area contributed by atoms with E-state index in [0.717, 1.165) is 38.4 Å². The van der Waals surface area contributed by atoms with E-state index in [-0.39, 0.29) is 12.5 Å². The van der Waals surface area contributed by atoms with E-state index in [1.54, 1.807) is 0 Å². The molecule has 2 aliphatic rings. The second-order valence-corrected chi connectivity index (χ2v) is 7.87. The summed E-state index contributed by atoms with van der Waals surface area (Å²) in [6, 6.07) is 1.29. The number of rotatable bonds is 6. The lowest BCUT2D eigenvalue weighted by Gasteiger charge is -2.23. The summed E-state index contributed by atoms with van der Waals surface area (Å²) in [6.45, 7) is 11.9. The van der Waals surface area contributed by atoms with Crippen LogP contribution in [0.4, 0.5) is 0 Å². The van der Waals surface area contributed by atoms with E-state index in [9.17, 15) is 4.79 Å². The standard InChI is InChI=1S/C19H37N5O/c1-5-20-19(23-17-13-24(14(2)3)12-15(17)4)21-11-18(25)22-16-9-7-6-8-10-16/h14-17H,5-13H2,1-4H3,(H,22,25)(H2,20,21,23). The molecule has 0 bridgehead atoms. The van der Waals surface area contributed by atoms with Gasteiger partial charge in [0.15, 0.2) is 5.96 Å². The monoisotopic (exact) mass is 351 g/mol. The maximum atomic E-state index is 12.2. The van der Waals surface area contributed by atoms with E-state index >= 15 is 0 Å². The number of carbonyl (C=O) groups excluding carboxylic acids is 1. The van der Waals surface area contributed by atoms with Crippen molar-refractivity contribution < 1.29 is 4.79 Å². The van der Waals surface area contributed by atoms with Crippen LogP contribution in [0.1, 0.15) is 59.8 Å². The first-order valence-electron chi connectivity index (χ1n) is 10.1. The van der Waals surface area contributed by atoms with Crippen LogP contribution >= 0.6 is 0 Å². The van der Waals surface area contributed by atoms with E-state index < -0.39 is 0 Å². The maximum Gasteiger partial charge on any atom is 0.242 e. The number of hydrogen-bond acceptors (Lipinski definition) is 3. The molecule has 1 saturated carbocycles. The van der Waals surface area contributed by atoms with Crippen molar-refractivity contribution >= 4 is 11.9 Å². The SMILES string of the molecule is CCNC(=NCC(=O)NC1CCCCC1)NC1CN(C(C)C)CC1C. The second kappa shape index (κ2) is 10.00. The number of aliphatic imine (C=N–C) groups is 1. The van der Waals surface area contributed by atoms with E-state index in [4.69, 9.17) is 0 Å². The normalized spacial score (nSPS) is 26.0. The summed E-state index contributed by atoms with van der Waals surface area (Å²) in [5.41, 5.74) is 0. The average molecular weight is 352 g/mol. The van der Waals surface area contributed by atoms with Crippen molar-refractivity contribution in [1.82, 2.24) is 20.9 Å². The van der Waals surface area contributed by atoms with Gasteiger partial charge in [-0.15, -0.1) is 0 Å². The molecule has 6 heteroatoms. The van der Waals surface area contributed by atoms with Gasteiger partial charge in [0.2, 0.25) is 5.91 Å². The van der Waals surface area contributed by atoms with Gasteiger partial charge in [-0.3, -0.25) is 9.69 Å². The van der Waals surface area contributed by atoms with Crippen molar-refractivity contribution in [3.05, 3.63) is 0 Å². The molecular formula is C19H37N5O. The highest BCUT2D eigenvalue weighted by Crippen LogP contribution is 2.19. The second-order valence-electron chi connectivity index (χ2n) is 7.87. The first kappa shape index (κ1) is 20.0. The summed E-state index contributed by atoms with van der Waals surface area (Å²) in [7, 11) is 0. The molecule has 2 rings (SSSR count). The molecule has 1 saturated heterocycles. The largest absolute Gasteiger partial charge is 0.357 e. The molecule has 6 nitrogen and oxygen atoms in total. The molecule has 2 unspecified atom stereocenters. The molecule has 2 fully saturated rings. The Hall–Kier alpha value is -1.30. The quantitative estimate of drug-likeness (QED) is 0.503. The Balaban J connectivity index is 1.84. The Morgan fingerprint density at radius 2 is 1.88 bits per heavy atom. The van der Waals surface area contributed by atoms with Gasteiger partial charge in [-0.1, -0.05) is 26.2 Å². The maximum absolute atomic E-state index is 12.2. The lowest BCUT2D eigenvalue weighted by molar-refractivity contribution is -0.120. The van der Waals surface area contributed by atoms with Crippen LogP contribution in [-0.4, -0.2) is 61.1 Å². The van der Waals surface area contributed by atoms with Gasteiger partial charge in [0.25, 0.3) is 0 Å². The van der Waals surface area contributed by atoms with Crippen molar-refractivity contribution in [2.45, 2.75) is 77.9 Å². The molecule has 0 radical (unpaired) electrons. The summed E-state index contributed by atoms with van der Waals surface area (Å²) in [4.78, 5) is 19.2. The lowest BCUT2D eigenvalue weighted by atomic mass is 9.95. The zero-order chi connectivity index (χ0) is 18.2. The number of carbonyl (C=O) groups is 1. The number of nitrogens with one attached hydrogen (secondary N) is 3. The smallest absolute Gasteiger partial charge is 0.242 e. The van der Waals surface area contributed by atoms with Crippen molar-refractivity contribution in [2.24, 2.45) is 10.9 Å². The molecular weight excluding hydrogens is 314 g/mol. The molecule has 144 valence electrons. The third-order valence-corrected chi connectivity index (χ3v) is 5.39. The highest BCUT2D eigenvalue weighted by atomic mass is 16.1. The Labute approximate surface area is 153 Å². The molecule has 1 amide bonds. The molecule has 0 aromatic rings. The molecule has 0 spiro atoms. The van der Waals surface area contributed by atoms with Gasteiger partial charge in [0.1, 0.15) is 6.54 Å². The molecule has 25 heavy (non-hydrogen) atoms. The van der Waals surface area contributed by atoms with Gasteiger partial charge in [-0.25, -0.2) is 4.99 Å². The molecule has 0 aromatic carbocycles. The van der Waals surface area contributed by atoms with Crippen molar-refractivity contribution in [3.8, 4) is 0 Å². The van der Waals surface area contributed by atoms with E-state index in [0.29, 0.717) is 24.0 Å². The predicted molar refractivity (Wildman–Crippen MR) is 104 cm³/mol. The van der Waals surface area contributed by atoms with Gasteiger partial charge in [0.05, 0.1) is 0 Å². The van der Waals surface area contributed by atoms with Crippen LogP contribution in [0.25, 0.3) is 0 Å². The highest BCUT2D eigenvalue weighted by molar-refractivity contribution is 5.85. The Bertz CT molecular complexity index is 445. The lowest BCUT2D eigenvalue weighted by Crippen LogP contribution is -2.47. The number of hydrogen-bond donors (Lipinski definition) is 3. The molecule has 1 aliphatic carbocycles. The zero-order valence-corrected chi connectivity index (χ0v) is 16.5. The topological polar surface area (TPSA) is 68.8 Å². The van der Waals surface area contributed by atoms with Crippen LogP contribution in [0, 0.1) is 5.92 Å². The Morgan fingerprint density at radius 1 is 1.16 bits per heavy atom. The van der Waals surface area contributed by atoms with Gasteiger partial charge in [-0.2, -0.15) is 0 Å². The summed E-state index contributed by atoms with van der Waals surface area (Å²) in [5.74, 6) is 1.36. The molecule has 2 atom stereocenters. The fraction of sp³-hybridized carbons (Fsp3) is 0.895. The van der Waals surface area contributed by atoms with Gasteiger partial charge in [-0.05, 0) is 39.5 Å². The number of guanidine groups is 1. The van der Waals surface area contributed by atoms with Crippen LogP contribution in [-0.2, 0) is 4.79 Å². The number of likely N-dealkylation sites (tertiary alicyclic amines) is 1. The molecule has 1 aliphatic heterocycles. The molecule has 3 N–H and O–H groups in total. The van der Waals surface area contributed by atoms with Crippen LogP contribution in [0.2, 0.25) is 0 Å². The van der Waals surface area contributed by atoms with Crippen LogP contribution in [0.15, 0.2) is 4.99 Å². The van der Waals surface area contributed by atoms with Crippen LogP contribution in [0.5, 0.6) is 0 Å². The Kier molecular flexibility index (Phi) is 8.00. The van der Waals surface area contributed by atoms with E-state index in [1.165, 1.54) is 19.3 Å². The van der Waals surface area contributed by atoms with Gasteiger partial charge in [0, 0.05) is 37.8 Å². The summed E-state index contributed by atoms with van der Waals surface area (Å²) < 4.78 is 0. The fourth-order valence-electron chi connectivity index (χ4n) is 3.78. The number of nitrogens with zero attached hydrogens (tertiary/aromatic N) is 2. The minimum absolute atomic E-state index is 0.0346. The van der Waals surface area contributed by atoms with Gasteiger partial charge < -0.3 is 16.0 Å². The molecule has 1 heterocycles. The van der Waals surface area contributed by atoms with Crippen molar-refractivity contribution in [3.63, 3.8) is 0 Å². The first-order chi connectivity index (χ1) is 12.0. The summed E-state index contributed by atoms with van der Waals surface area (Å²) in [6.07, 6.45) is 5.97. The molecule has 0 aromatic heterocycles. The van der Waals surface area contributed by atoms with Crippen LogP contribution in [0.3, 0.4) is 0 Å². The van der Waals surface area contributed by atoms with E-state index in [1.807, 2.05) is 0 Å². The minimum atomic E-state index is 0.0346. The van der Waals surface area contributed by atoms with Crippen molar-refractivity contribution in [2.75, 3.05) is 26.2 Å². The Morgan fingerprint density at radius 3 is 2.48 bits per heavy atom. The zero-order valence-electron chi connectivity index (χ0n) is 16.5. The summed E-state index contributed by atoms with van der Waals surface area (Å²) >= 11 is 0. The van der Waals surface area contributed by atoms with Gasteiger partial charge >= 0.3 is 0 Å². The minimum Gasteiger partial charge on any atom is -0.357 e. The average Bonchev–Trinajstić information content (AvgIpc) is 2.95. The number of amides is 1. The highest BCUT2D eigenvalue weighted by Gasteiger charge is 2.31. The fourth-order valence-corrected chi connectivity index (χ4v) is 3.78. The van der Waals surface area contributed by atoms with E-state index in [2.05, 4.69) is 53.5 Å². The van der Waals surface area contributed by atoms with Crippen molar-refractivity contribution in [1.29, 1.82) is 0 Å². The van der Waals surface area contributed by atoms with Crippen LogP contribution < -0.4 is 16.0 Å².